The second-order valence-corrected chi connectivity index (χ2v) is 4.16. The average molecular weight is 214 g/mol. The summed E-state index contributed by atoms with van der Waals surface area (Å²) < 4.78 is 5.73. The smallest absolute Gasteiger partial charge is 0.216 e. The predicted octanol–water partition coefficient (Wildman–Crippen LogP) is 2.86. The number of hydrogen-bond donors (Lipinski definition) is 0. The summed E-state index contributed by atoms with van der Waals surface area (Å²) in [5, 5.41) is 0. The van der Waals surface area contributed by atoms with Gasteiger partial charge in [0.2, 0.25) is 9.76 Å². The molecule has 0 aromatic heterocycles. The normalized spacial score (nSPS) is 10.7. The Kier molecular flexibility index (Phi) is 3.20. The van der Waals surface area contributed by atoms with Crippen LogP contribution in [0.15, 0.2) is 54.6 Å². The van der Waals surface area contributed by atoms with Gasteiger partial charge >= 0.3 is 0 Å². The van der Waals surface area contributed by atoms with Gasteiger partial charge in [-0.3, -0.25) is 0 Å². The van der Waals surface area contributed by atoms with Crippen LogP contribution in [0.4, 0.5) is 0 Å². The Morgan fingerprint density at radius 3 is 2.27 bits per heavy atom. The van der Waals surface area contributed by atoms with Gasteiger partial charge in [-0.15, -0.1) is 0 Å². The molecule has 0 unspecified atom stereocenters. The van der Waals surface area contributed by atoms with E-state index in [-0.39, 0.29) is 0 Å². The Bertz CT molecular complexity index is 426. The molecule has 76 valence electrons. The van der Waals surface area contributed by atoms with E-state index in [1.807, 2.05) is 24.3 Å². The van der Waals surface area contributed by atoms with Crippen LogP contribution in [0.2, 0.25) is 6.55 Å². The zero-order valence-electron chi connectivity index (χ0n) is 8.81. The number of para-hydroxylation sites is 1. The molecular formula is C13H14OSi. The summed E-state index contributed by atoms with van der Waals surface area (Å²) in [5.74, 6) is 1.01. The van der Waals surface area contributed by atoms with Crippen molar-refractivity contribution in [1.29, 1.82) is 0 Å². The highest BCUT2D eigenvalue weighted by molar-refractivity contribution is 6.26. The van der Waals surface area contributed by atoms with Crippen LogP contribution in [0, 0.1) is 0 Å². The third kappa shape index (κ3) is 2.28. The number of rotatable bonds is 3. The van der Waals surface area contributed by atoms with Crippen LogP contribution >= 0.6 is 0 Å². The van der Waals surface area contributed by atoms with E-state index < -0.39 is 9.76 Å². The van der Waals surface area contributed by atoms with Crippen molar-refractivity contribution >= 4 is 9.76 Å². The summed E-state index contributed by atoms with van der Waals surface area (Å²) in [7, 11) is -0.411. The van der Waals surface area contributed by atoms with E-state index >= 15 is 0 Å². The maximum Gasteiger partial charge on any atom is 0.216 e. The first-order valence-corrected chi connectivity index (χ1v) is 7.18. The van der Waals surface area contributed by atoms with Gasteiger partial charge in [-0.25, -0.2) is 0 Å². The fraction of sp³-hybridized carbons (Fsp3) is 0.0769. The second-order valence-electron chi connectivity index (χ2n) is 3.30. The summed E-state index contributed by atoms with van der Waals surface area (Å²) in [4.78, 5) is 0. The molecule has 0 heterocycles. The van der Waals surface area contributed by atoms with Gasteiger partial charge in [-0.2, -0.15) is 0 Å². The van der Waals surface area contributed by atoms with E-state index in [0.29, 0.717) is 0 Å². The molecule has 0 aliphatic heterocycles. The minimum absolute atomic E-state index is 0.411. The predicted molar refractivity (Wildman–Crippen MR) is 66.9 cm³/mol. The molecule has 0 amide bonds. The molecule has 2 rings (SSSR count). The Morgan fingerprint density at radius 1 is 0.867 bits per heavy atom. The number of benzene rings is 2. The molecule has 0 aliphatic rings. The maximum absolute atomic E-state index is 5.73. The molecule has 2 aromatic rings. The molecule has 2 aromatic carbocycles. The largest absolute Gasteiger partial charge is 0.549 e. The molecule has 0 spiro atoms. The summed E-state index contributed by atoms with van der Waals surface area (Å²) in [6, 6.07) is 18.6. The lowest BCUT2D eigenvalue weighted by molar-refractivity contribution is 0.602. The van der Waals surface area contributed by atoms with Crippen LogP contribution < -0.4 is 4.43 Å². The summed E-state index contributed by atoms with van der Waals surface area (Å²) in [6.07, 6.45) is 0. The zero-order valence-corrected chi connectivity index (χ0v) is 10.2. The Morgan fingerprint density at radius 2 is 1.53 bits per heavy atom. The average Bonchev–Trinajstić information content (AvgIpc) is 2.31. The lowest BCUT2D eigenvalue weighted by Gasteiger charge is -2.10. The van der Waals surface area contributed by atoms with Gasteiger partial charge < -0.3 is 4.43 Å². The van der Waals surface area contributed by atoms with Gasteiger partial charge in [0.1, 0.15) is 5.75 Å². The topological polar surface area (TPSA) is 9.23 Å². The van der Waals surface area contributed by atoms with E-state index in [1.165, 1.54) is 11.1 Å². The van der Waals surface area contributed by atoms with Gasteiger partial charge in [-0.1, -0.05) is 48.5 Å². The van der Waals surface area contributed by atoms with Gasteiger partial charge in [0.05, 0.1) is 0 Å². The van der Waals surface area contributed by atoms with Crippen molar-refractivity contribution < 1.29 is 4.43 Å². The minimum atomic E-state index is -0.411. The summed E-state index contributed by atoms with van der Waals surface area (Å²) in [6.45, 7) is 2.14. The summed E-state index contributed by atoms with van der Waals surface area (Å²) >= 11 is 0. The Labute approximate surface area is 92.7 Å². The van der Waals surface area contributed by atoms with Crippen molar-refractivity contribution in [1.82, 2.24) is 0 Å². The van der Waals surface area contributed by atoms with E-state index in [2.05, 4.69) is 36.9 Å². The Balaban J connectivity index is 2.43. The molecule has 0 N–H and O–H groups in total. The van der Waals surface area contributed by atoms with Crippen LogP contribution in [0.1, 0.15) is 0 Å². The van der Waals surface area contributed by atoms with Crippen LogP contribution in [0.25, 0.3) is 11.1 Å². The lowest BCUT2D eigenvalue weighted by Crippen LogP contribution is -1.97. The molecule has 15 heavy (non-hydrogen) atoms. The summed E-state index contributed by atoms with van der Waals surface area (Å²) in [5.41, 5.74) is 2.41. The van der Waals surface area contributed by atoms with Gasteiger partial charge in [0, 0.05) is 5.56 Å². The second kappa shape index (κ2) is 4.80. The highest BCUT2D eigenvalue weighted by Gasteiger charge is 2.03. The third-order valence-electron chi connectivity index (χ3n) is 2.27. The van der Waals surface area contributed by atoms with E-state index in [9.17, 15) is 0 Å². The first-order chi connectivity index (χ1) is 7.42. The molecule has 0 saturated heterocycles. The molecular weight excluding hydrogens is 200 g/mol. The SMILES string of the molecule is C[SiH2]Oc1ccccc1-c1ccccc1. The lowest BCUT2D eigenvalue weighted by atomic mass is 10.1. The van der Waals surface area contributed by atoms with Crippen LogP contribution in [0.3, 0.4) is 0 Å². The standard InChI is InChI=1S/C13H14OSi/c1-15-14-13-10-6-5-9-12(13)11-7-3-2-4-8-11/h2-10H,15H2,1H3. The van der Waals surface area contributed by atoms with Crippen LogP contribution in [0.5, 0.6) is 5.75 Å². The van der Waals surface area contributed by atoms with Gasteiger partial charge in [0.15, 0.2) is 0 Å². The van der Waals surface area contributed by atoms with E-state index in [0.717, 1.165) is 5.75 Å². The molecule has 0 saturated carbocycles. The van der Waals surface area contributed by atoms with E-state index in [4.69, 9.17) is 4.43 Å². The molecule has 1 nitrogen and oxygen atoms in total. The van der Waals surface area contributed by atoms with Crippen molar-refractivity contribution in [3.63, 3.8) is 0 Å². The van der Waals surface area contributed by atoms with Gasteiger partial charge in [-0.05, 0) is 18.2 Å². The molecule has 0 atom stereocenters. The van der Waals surface area contributed by atoms with Crippen molar-refractivity contribution in [3.8, 4) is 16.9 Å². The molecule has 0 aliphatic carbocycles. The van der Waals surface area contributed by atoms with Crippen molar-refractivity contribution in [3.05, 3.63) is 54.6 Å². The first-order valence-electron chi connectivity index (χ1n) is 5.19. The molecule has 0 fully saturated rings. The monoisotopic (exact) mass is 214 g/mol. The minimum Gasteiger partial charge on any atom is -0.549 e. The van der Waals surface area contributed by atoms with Gasteiger partial charge in [0.25, 0.3) is 0 Å². The van der Waals surface area contributed by atoms with Crippen LogP contribution in [-0.2, 0) is 0 Å². The van der Waals surface area contributed by atoms with Crippen molar-refractivity contribution in [2.24, 2.45) is 0 Å². The Hall–Kier alpha value is -1.54. The molecule has 0 bridgehead atoms. The number of hydrogen-bond acceptors (Lipinski definition) is 1. The van der Waals surface area contributed by atoms with Crippen LogP contribution in [-0.4, -0.2) is 9.76 Å². The third-order valence-corrected chi connectivity index (χ3v) is 2.87. The first kappa shape index (κ1) is 9.99. The highest BCUT2D eigenvalue weighted by Crippen LogP contribution is 2.29. The zero-order chi connectivity index (χ0) is 10.5. The molecule has 0 radical (unpaired) electrons. The fourth-order valence-electron chi connectivity index (χ4n) is 1.60. The van der Waals surface area contributed by atoms with E-state index in [1.54, 1.807) is 0 Å². The quantitative estimate of drug-likeness (QED) is 0.714. The maximum atomic E-state index is 5.73. The molecule has 2 heteroatoms. The van der Waals surface area contributed by atoms with Crippen molar-refractivity contribution in [2.45, 2.75) is 6.55 Å². The van der Waals surface area contributed by atoms with Crippen molar-refractivity contribution in [2.75, 3.05) is 0 Å². The fourth-order valence-corrected chi connectivity index (χ4v) is 2.17. The highest BCUT2D eigenvalue weighted by atomic mass is 28.2.